The van der Waals surface area contributed by atoms with Crippen molar-refractivity contribution in [3.63, 3.8) is 0 Å². The highest BCUT2D eigenvalue weighted by molar-refractivity contribution is 7.14. The van der Waals surface area contributed by atoms with Crippen molar-refractivity contribution in [3.8, 4) is 11.1 Å². The van der Waals surface area contributed by atoms with Gasteiger partial charge in [0.2, 0.25) is 0 Å². The number of carboxylic acids is 1. The van der Waals surface area contributed by atoms with Crippen LogP contribution in [0.5, 0.6) is 0 Å². The van der Waals surface area contributed by atoms with E-state index in [1.54, 1.807) is 5.38 Å². The highest BCUT2D eigenvalue weighted by Gasteiger charge is 2.17. The molecule has 0 amide bonds. The van der Waals surface area contributed by atoms with E-state index in [0.717, 1.165) is 11.0 Å². The lowest BCUT2D eigenvalue weighted by atomic mass is 9.93. The number of anilines is 1. The van der Waals surface area contributed by atoms with E-state index in [9.17, 15) is 4.79 Å². The fourth-order valence-electron chi connectivity index (χ4n) is 1.54. The minimum Gasteiger partial charge on any atom is -0.478 e. The third-order valence-electron chi connectivity index (χ3n) is 2.40. The summed E-state index contributed by atoms with van der Waals surface area (Å²) < 4.78 is 0. The van der Waals surface area contributed by atoms with E-state index in [0.29, 0.717) is 10.6 Å². The highest BCUT2D eigenvalue weighted by Crippen LogP contribution is 2.33. The van der Waals surface area contributed by atoms with Crippen LogP contribution in [0, 0.1) is 0 Å². The van der Waals surface area contributed by atoms with Gasteiger partial charge in [0.25, 0.3) is 0 Å². The molecule has 1 heterocycles. The molecule has 0 aliphatic heterocycles. The maximum absolute atomic E-state index is 11.1. The van der Waals surface area contributed by atoms with Crippen LogP contribution < -0.4 is 11.2 Å². The van der Waals surface area contributed by atoms with Crippen LogP contribution in [-0.4, -0.2) is 18.9 Å². The summed E-state index contributed by atoms with van der Waals surface area (Å²) in [6.07, 6.45) is 0. The van der Waals surface area contributed by atoms with Crippen LogP contribution in [0.15, 0.2) is 29.6 Å². The van der Waals surface area contributed by atoms with Crippen LogP contribution in [0.25, 0.3) is 11.1 Å². The Morgan fingerprint density at radius 3 is 2.50 bits per heavy atom. The van der Waals surface area contributed by atoms with Gasteiger partial charge in [-0.05, 0) is 5.56 Å². The van der Waals surface area contributed by atoms with E-state index < -0.39 is 5.97 Å². The van der Waals surface area contributed by atoms with Gasteiger partial charge in [-0.25, -0.2) is 4.79 Å². The lowest BCUT2D eigenvalue weighted by Crippen LogP contribution is -2.02. The summed E-state index contributed by atoms with van der Waals surface area (Å²) in [5.74, 6) is -0.977. The Labute approximate surface area is 97.9 Å². The van der Waals surface area contributed by atoms with Crippen molar-refractivity contribution in [1.29, 1.82) is 0 Å². The average molecular weight is 231 g/mol. The highest BCUT2D eigenvalue weighted by atomic mass is 32.1. The molecular formula is C11H10BNO2S. The third kappa shape index (κ3) is 1.81. The van der Waals surface area contributed by atoms with Gasteiger partial charge in [-0.1, -0.05) is 29.7 Å². The van der Waals surface area contributed by atoms with E-state index in [1.807, 2.05) is 32.1 Å². The van der Waals surface area contributed by atoms with Crippen LogP contribution in [0.4, 0.5) is 5.00 Å². The molecule has 2 aromatic rings. The summed E-state index contributed by atoms with van der Waals surface area (Å²) in [4.78, 5) is 11.1. The first-order valence-electron chi connectivity index (χ1n) is 4.77. The third-order valence-corrected chi connectivity index (χ3v) is 3.21. The number of nitrogen functional groups attached to an aromatic ring is 1. The fourth-order valence-corrected chi connectivity index (χ4v) is 2.35. The molecule has 0 saturated carbocycles. The van der Waals surface area contributed by atoms with Crippen molar-refractivity contribution in [3.05, 3.63) is 35.2 Å². The quantitative estimate of drug-likeness (QED) is 0.756. The molecule has 3 nitrogen and oxygen atoms in total. The number of rotatable bonds is 2. The molecule has 0 fully saturated rings. The zero-order chi connectivity index (χ0) is 11.7. The predicted molar refractivity (Wildman–Crippen MR) is 69.3 cm³/mol. The molecule has 0 radical (unpaired) electrons. The molecule has 0 aliphatic rings. The van der Waals surface area contributed by atoms with Crippen LogP contribution in [0.3, 0.4) is 0 Å². The van der Waals surface area contributed by atoms with E-state index in [2.05, 4.69) is 0 Å². The molecule has 0 unspecified atom stereocenters. The van der Waals surface area contributed by atoms with Crippen LogP contribution in [0.1, 0.15) is 10.4 Å². The normalized spacial score (nSPS) is 10.2. The second kappa shape index (κ2) is 4.02. The number of hydrogen-bond acceptors (Lipinski definition) is 3. The average Bonchev–Trinajstić information content (AvgIpc) is 2.61. The Kier molecular flexibility index (Phi) is 2.70. The maximum atomic E-state index is 11.1. The van der Waals surface area contributed by atoms with E-state index in [1.165, 1.54) is 11.3 Å². The minimum absolute atomic E-state index is 0.203. The number of nitrogens with two attached hydrogens (primary N) is 1. The van der Waals surface area contributed by atoms with Crippen molar-refractivity contribution >= 4 is 35.6 Å². The SMILES string of the molecule is Bc1ccc(-c2csc(N)c2C(=O)O)cc1. The summed E-state index contributed by atoms with van der Waals surface area (Å²) in [6, 6.07) is 7.72. The number of aromatic carboxylic acids is 1. The second-order valence-electron chi connectivity index (χ2n) is 3.56. The molecule has 0 aliphatic carbocycles. The zero-order valence-corrected chi connectivity index (χ0v) is 9.54. The topological polar surface area (TPSA) is 63.3 Å². The van der Waals surface area contributed by atoms with Crippen molar-refractivity contribution in [2.45, 2.75) is 0 Å². The standard InChI is InChI=1S/C11H10BNO2S/c12-7-3-1-6(2-4-7)8-5-16-10(13)9(8)11(14)15/h1-5H,12-13H2,(H,14,15). The Balaban J connectivity index is 2.56. The number of carboxylic acid groups (broad SMARTS) is 1. The molecule has 0 bridgehead atoms. The summed E-state index contributed by atoms with van der Waals surface area (Å²) in [6.45, 7) is 0. The monoisotopic (exact) mass is 231 g/mol. The van der Waals surface area contributed by atoms with E-state index in [-0.39, 0.29) is 5.56 Å². The summed E-state index contributed by atoms with van der Waals surface area (Å²) in [5.41, 5.74) is 8.57. The van der Waals surface area contributed by atoms with E-state index in [4.69, 9.17) is 10.8 Å². The number of carbonyl (C=O) groups is 1. The predicted octanol–water partition coefficient (Wildman–Crippen LogP) is 0.954. The molecule has 0 saturated heterocycles. The van der Waals surface area contributed by atoms with Gasteiger partial charge in [-0.2, -0.15) is 0 Å². The van der Waals surface area contributed by atoms with Gasteiger partial charge >= 0.3 is 5.97 Å². The largest absolute Gasteiger partial charge is 0.478 e. The number of thiophene rings is 1. The van der Waals surface area contributed by atoms with Crippen LogP contribution >= 0.6 is 11.3 Å². The van der Waals surface area contributed by atoms with Gasteiger partial charge in [0, 0.05) is 10.9 Å². The Morgan fingerprint density at radius 2 is 1.94 bits per heavy atom. The molecule has 1 aromatic carbocycles. The van der Waals surface area contributed by atoms with Crippen LogP contribution in [-0.2, 0) is 0 Å². The molecular weight excluding hydrogens is 221 g/mol. The number of benzene rings is 1. The van der Waals surface area contributed by atoms with Gasteiger partial charge < -0.3 is 10.8 Å². The van der Waals surface area contributed by atoms with Crippen molar-refractivity contribution in [2.75, 3.05) is 5.73 Å². The Bertz CT molecular complexity index is 533. The molecule has 1 aromatic heterocycles. The van der Waals surface area contributed by atoms with Crippen molar-refractivity contribution in [2.24, 2.45) is 0 Å². The summed E-state index contributed by atoms with van der Waals surface area (Å²) in [5, 5.41) is 11.2. The lowest BCUT2D eigenvalue weighted by molar-refractivity contribution is 0.0699. The molecule has 0 spiro atoms. The zero-order valence-electron chi connectivity index (χ0n) is 8.73. The molecule has 16 heavy (non-hydrogen) atoms. The van der Waals surface area contributed by atoms with Gasteiger partial charge in [0.1, 0.15) is 18.4 Å². The lowest BCUT2D eigenvalue weighted by Gasteiger charge is -2.02. The summed E-state index contributed by atoms with van der Waals surface area (Å²) in [7, 11) is 1.99. The van der Waals surface area contributed by atoms with Gasteiger partial charge in [0.15, 0.2) is 0 Å². The summed E-state index contributed by atoms with van der Waals surface area (Å²) >= 11 is 1.26. The Hall–Kier alpha value is -1.75. The van der Waals surface area contributed by atoms with Gasteiger partial charge in [-0.15, -0.1) is 11.3 Å². The molecule has 2 rings (SSSR count). The maximum Gasteiger partial charge on any atom is 0.339 e. The Morgan fingerprint density at radius 1 is 1.31 bits per heavy atom. The fraction of sp³-hybridized carbons (Fsp3) is 0. The number of hydrogen-bond donors (Lipinski definition) is 2. The second-order valence-corrected chi connectivity index (χ2v) is 4.47. The van der Waals surface area contributed by atoms with Crippen LogP contribution in [0.2, 0.25) is 0 Å². The smallest absolute Gasteiger partial charge is 0.339 e. The molecule has 3 N–H and O–H groups in total. The molecule has 80 valence electrons. The minimum atomic E-state index is -0.977. The van der Waals surface area contributed by atoms with Crippen molar-refractivity contribution < 1.29 is 9.90 Å². The van der Waals surface area contributed by atoms with Gasteiger partial charge in [0.05, 0.1) is 0 Å². The first kappa shape index (κ1) is 10.8. The molecule has 0 atom stereocenters. The van der Waals surface area contributed by atoms with E-state index >= 15 is 0 Å². The first-order valence-corrected chi connectivity index (χ1v) is 5.65. The molecule has 5 heteroatoms. The van der Waals surface area contributed by atoms with Gasteiger partial charge in [-0.3, -0.25) is 0 Å². The van der Waals surface area contributed by atoms with Crippen molar-refractivity contribution in [1.82, 2.24) is 0 Å². The first-order chi connectivity index (χ1) is 7.59.